The Morgan fingerprint density at radius 2 is 2.00 bits per heavy atom. The standard InChI is InChI=1S/C13H22N2O2S2/c1-4-15(5-2)10-13(6-7-13)14-19(16,17)12-8-11(3)9-18-12/h8-9,14H,4-7,10H2,1-3H3. The van der Waals surface area contributed by atoms with Crippen molar-refractivity contribution < 1.29 is 8.42 Å². The summed E-state index contributed by atoms with van der Waals surface area (Å²) in [6.45, 7) is 8.85. The van der Waals surface area contributed by atoms with Crippen LogP contribution in [0.1, 0.15) is 32.3 Å². The van der Waals surface area contributed by atoms with E-state index in [-0.39, 0.29) is 5.54 Å². The third kappa shape index (κ3) is 3.56. The van der Waals surface area contributed by atoms with Gasteiger partial charge in [-0.3, -0.25) is 0 Å². The number of nitrogens with zero attached hydrogens (tertiary/aromatic N) is 1. The fourth-order valence-corrected chi connectivity index (χ4v) is 4.88. The van der Waals surface area contributed by atoms with Gasteiger partial charge in [0.1, 0.15) is 4.21 Å². The van der Waals surface area contributed by atoms with Crippen molar-refractivity contribution in [1.29, 1.82) is 0 Å². The van der Waals surface area contributed by atoms with Crippen molar-refractivity contribution in [2.45, 2.75) is 43.4 Å². The first-order valence-electron chi connectivity index (χ1n) is 6.72. The third-order valence-corrected chi connectivity index (χ3v) is 6.73. The van der Waals surface area contributed by atoms with Gasteiger partial charge in [0.15, 0.2) is 0 Å². The molecule has 1 aromatic heterocycles. The van der Waals surface area contributed by atoms with Crippen molar-refractivity contribution in [3.63, 3.8) is 0 Å². The van der Waals surface area contributed by atoms with Crippen molar-refractivity contribution in [3.8, 4) is 0 Å². The van der Waals surface area contributed by atoms with Crippen LogP contribution in [0.2, 0.25) is 0 Å². The lowest BCUT2D eigenvalue weighted by atomic mass is 10.2. The van der Waals surface area contributed by atoms with Crippen LogP contribution in [0.5, 0.6) is 0 Å². The molecule has 0 atom stereocenters. The smallest absolute Gasteiger partial charge is 0.250 e. The van der Waals surface area contributed by atoms with E-state index in [1.54, 1.807) is 6.07 Å². The number of rotatable bonds is 7. The van der Waals surface area contributed by atoms with Gasteiger partial charge in [0.2, 0.25) is 0 Å². The Morgan fingerprint density at radius 3 is 2.42 bits per heavy atom. The van der Waals surface area contributed by atoms with Crippen molar-refractivity contribution >= 4 is 21.4 Å². The molecule has 0 spiro atoms. The van der Waals surface area contributed by atoms with E-state index < -0.39 is 10.0 Å². The molecule has 0 aliphatic heterocycles. The predicted molar refractivity (Wildman–Crippen MR) is 79.1 cm³/mol. The molecule has 4 nitrogen and oxygen atoms in total. The third-order valence-electron chi connectivity index (χ3n) is 3.60. The van der Waals surface area contributed by atoms with Gasteiger partial charge in [0.05, 0.1) is 0 Å². The molecule has 1 heterocycles. The quantitative estimate of drug-likeness (QED) is 0.840. The van der Waals surface area contributed by atoms with E-state index in [1.165, 1.54) is 11.3 Å². The molecule has 0 radical (unpaired) electrons. The molecule has 1 fully saturated rings. The second kappa shape index (κ2) is 5.52. The predicted octanol–water partition coefficient (Wildman–Crippen LogP) is 2.21. The zero-order valence-corrected chi connectivity index (χ0v) is 13.4. The van der Waals surface area contributed by atoms with Crippen LogP contribution < -0.4 is 4.72 Å². The van der Waals surface area contributed by atoms with Gasteiger partial charge >= 0.3 is 0 Å². The zero-order chi connectivity index (χ0) is 14.1. The van der Waals surface area contributed by atoms with Crippen LogP contribution in [-0.2, 0) is 10.0 Å². The topological polar surface area (TPSA) is 49.4 Å². The molecular formula is C13H22N2O2S2. The van der Waals surface area contributed by atoms with E-state index in [0.717, 1.165) is 38.0 Å². The molecule has 0 aromatic carbocycles. The first-order valence-corrected chi connectivity index (χ1v) is 9.08. The molecule has 6 heteroatoms. The minimum atomic E-state index is -3.35. The van der Waals surface area contributed by atoms with Gasteiger partial charge in [-0.1, -0.05) is 13.8 Å². The molecule has 1 aliphatic rings. The van der Waals surface area contributed by atoms with Crippen LogP contribution in [0, 0.1) is 6.92 Å². The van der Waals surface area contributed by atoms with Gasteiger partial charge in [-0.15, -0.1) is 11.3 Å². The Hall–Kier alpha value is -0.430. The average Bonchev–Trinajstić information content (AvgIpc) is 2.94. The normalized spacial score (nSPS) is 17.9. The summed E-state index contributed by atoms with van der Waals surface area (Å²) in [5, 5.41) is 1.87. The van der Waals surface area contributed by atoms with Crippen LogP contribution >= 0.6 is 11.3 Å². The molecule has 0 amide bonds. The maximum Gasteiger partial charge on any atom is 0.250 e. The summed E-state index contributed by atoms with van der Waals surface area (Å²) in [5.41, 5.74) is 0.766. The van der Waals surface area contributed by atoms with Crippen molar-refractivity contribution in [3.05, 3.63) is 17.0 Å². The molecule has 2 rings (SSSR count). The van der Waals surface area contributed by atoms with Gasteiger partial charge in [-0.05, 0) is 49.9 Å². The van der Waals surface area contributed by atoms with E-state index in [1.807, 2.05) is 12.3 Å². The summed E-state index contributed by atoms with van der Waals surface area (Å²) < 4.78 is 28.0. The number of hydrogen-bond donors (Lipinski definition) is 1. The molecule has 0 unspecified atom stereocenters. The number of sulfonamides is 1. The number of likely N-dealkylation sites (N-methyl/N-ethyl adjacent to an activating group) is 1. The molecular weight excluding hydrogens is 280 g/mol. The van der Waals surface area contributed by atoms with Crippen LogP contribution in [-0.4, -0.2) is 38.5 Å². The summed E-state index contributed by atoms with van der Waals surface area (Å²) in [7, 11) is -3.35. The van der Waals surface area contributed by atoms with Gasteiger partial charge in [0, 0.05) is 12.1 Å². The lowest BCUT2D eigenvalue weighted by Crippen LogP contribution is -2.45. The first kappa shape index (κ1) is 15.0. The molecule has 1 aliphatic carbocycles. The maximum atomic E-state index is 12.3. The highest BCUT2D eigenvalue weighted by Crippen LogP contribution is 2.38. The molecule has 1 saturated carbocycles. The first-order chi connectivity index (χ1) is 8.91. The summed E-state index contributed by atoms with van der Waals surface area (Å²) >= 11 is 1.29. The van der Waals surface area contributed by atoms with Crippen molar-refractivity contribution in [2.75, 3.05) is 19.6 Å². The van der Waals surface area contributed by atoms with Crippen LogP contribution in [0.25, 0.3) is 0 Å². The Kier molecular flexibility index (Phi) is 4.35. The zero-order valence-electron chi connectivity index (χ0n) is 11.8. The molecule has 0 bridgehead atoms. The summed E-state index contributed by atoms with van der Waals surface area (Å²) in [6, 6.07) is 1.74. The number of thiophene rings is 1. The van der Waals surface area contributed by atoms with E-state index >= 15 is 0 Å². The number of aryl methyl sites for hydroxylation is 1. The molecule has 1 N–H and O–H groups in total. The van der Waals surface area contributed by atoms with Crippen LogP contribution in [0.4, 0.5) is 0 Å². The van der Waals surface area contributed by atoms with Gasteiger partial charge < -0.3 is 4.90 Å². The van der Waals surface area contributed by atoms with E-state index in [2.05, 4.69) is 23.5 Å². The number of hydrogen-bond acceptors (Lipinski definition) is 4. The largest absolute Gasteiger partial charge is 0.302 e. The second-order valence-corrected chi connectivity index (χ2v) is 8.11. The second-order valence-electron chi connectivity index (χ2n) is 5.29. The Morgan fingerprint density at radius 1 is 1.37 bits per heavy atom. The lowest BCUT2D eigenvalue weighted by molar-refractivity contribution is 0.268. The monoisotopic (exact) mass is 302 g/mol. The highest BCUT2D eigenvalue weighted by Gasteiger charge is 2.47. The summed E-state index contributed by atoms with van der Waals surface area (Å²) in [6.07, 6.45) is 1.88. The van der Waals surface area contributed by atoms with Gasteiger partial charge in [-0.2, -0.15) is 0 Å². The SMILES string of the molecule is CCN(CC)CC1(NS(=O)(=O)c2cc(C)cs2)CC1. The van der Waals surface area contributed by atoms with E-state index in [0.29, 0.717) is 4.21 Å². The molecule has 0 saturated heterocycles. The highest BCUT2D eigenvalue weighted by molar-refractivity contribution is 7.91. The fourth-order valence-electron chi connectivity index (χ4n) is 2.20. The van der Waals surface area contributed by atoms with Crippen LogP contribution in [0.3, 0.4) is 0 Å². The van der Waals surface area contributed by atoms with Crippen molar-refractivity contribution in [2.24, 2.45) is 0 Å². The number of nitrogens with one attached hydrogen (secondary N) is 1. The minimum Gasteiger partial charge on any atom is -0.302 e. The fraction of sp³-hybridized carbons (Fsp3) is 0.692. The van der Waals surface area contributed by atoms with E-state index in [9.17, 15) is 8.42 Å². The highest BCUT2D eigenvalue weighted by atomic mass is 32.2. The van der Waals surface area contributed by atoms with E-state index in [4.69, 9.17) is 0 Å². The minimum absolute atomic E-state index is 0.233. The average molecular weight is 302 g/mol. The molecule has 19 heavy (non-hydrogen) atoms. The van der Waals surface area contributed by atoms with Gasteiger partial charge in [0.25, 0.3) is 10.0 Å². The summed E-state index contributed by atoms with van der Waals surface area (Å²) in [5.74, 6) is 0. The van der Waals surface area contributed by atoms with Crippen LogP contribution in [0.15, 0.2) is 15.7 Å². The molecule has 1 aromatic rings. The summed E-state index contributed by atoms with van der Waals surface area (Å²) in [4.78, 5) is 2.27. The Labute approximate surface area is 119 Å². The molecule has 108 valence electrons. The maximum absolute atomic E-state index is 12.3. The van der Waals surface area contributed by atoms with Gasteiger partial charge in [-0.25, -0.2) is 13.1 Å². The Balaban J connectivity index is 2.08. The van der Waals surface area contributed by atoms with Crippen molar-refractivity contribution in [1.82, 2.24) is 9.62 Å². The Bertz CT molecular complexity index is 529. The lowest BCUT2D eigenvalue weighted by Gasteiger charge is -2.25.